The van der Waals surface area contributed by atoms with Crippen molar-refractivity contribution in [2.24, 2.45) is 13.0 Å². The maximum atomic E-state index is 13.0. The molecule has 7 heteroatoms. The first kappa shape index (κ1) is 18.4. The molecule has 1 amide bonds. The van der Waals surface area contributed by atoms with Gasteiger partial charge in [-0.05, 0) is 62.5 Å². The summed E-state index contributed by atoms with van der Waals surface area (Å²) in [5, 5.41) is 11.5. The summed E-state index contributed by atoms with van der Waals surface area (Å²) in [5.74, 6) is 0.459. The lowest BCUT2D eigenvalue weighted by atomic mass is 9.99. The van der Waals surface area contributed by atoms with E-state index in [1.807, 2.05) is 37.4 Å². The fourth-order valence-corrected chi connectivity index (χ4v) is 3.92. The molecule has 0 spiro atoms. The van der Waals surface area contributed by atoms with E-state index in [4.69, 9.17) is 0 Å². The molecule has 7 nitrogen and oxygen atoms in total. The van der Waals surface area contributed by atoms with Gasteiger partial charge in [-0.2, -0.15) is 5.10 Å². The summed E-state index contributed by atoms with van der Waals surface area (Å²) >= 11 is 0. The molecule has 0 aliphatic carbocycles. The van der Waals surface area contributed by atoms with Crippen molar-refractivity contribution in [3.05, 3.63) is 58.0 Å². The summed E-state index contributed by atoms with van der Waals surface area (Å²) in [7, 11) is 1.83. The van der Waals surface area contributed by atoms with Crippen LogP contribution in [0.2, 0.25) is 0 Å². The first-order chi connectivity index (χ1) is 13.5. The number of carbonyl (C=O) groups is 1. The number of para-hydroxylation sites is 1. The van der Waals surface area contributed by atoms with Crippen LogP contribution < -0.4 is 16.2 Å². The highest BCUT2D eigenvalue weighted by Crippen LogP contribution is 2.22. The van der Waals surface area contributed by atoms with Gasteiger partial charge in [-0.25, -0.2) is 0 Å². The molecule has 1 aromatic carbocycles. The zero-order valence-electron chi connectivity index (χ0n) is 16.2. The number of fused-ring (bicyclic) bond motifs is 1. The number of anilines is 1. The smallest absolute Gasteiger partial charge is 0.263 e. The van der Waals surface area contributed by atoms with Crippen molar-refractivity contribution in [1.29, 1.82) is 0 Å². The Balaban J connectivity index is 1.63. The molecule has 146 valence electrons. The third kappa shape index (κ3) is 3.45. The number of aryl methyl sites for hydroxylation is 2. The van der Waals surface area contributed by atoms with Gasteiger partial charge < -0.3 is 15.2 Å². The number of nitrogens with one attached hydrogen (secondary N) is 2. The third-order valence-electron chi connectivity index (χ3n) is 5.44. The van der Waals surface area contributed by atoms with Crippen LogP contribution in [0.5, 0.6) is 0 Å². The second-order valence-electron chi connectivity index (χ2n) is 7.49. The van der Waals surface area contributed by atoms with Gasteiger partial charge in [-0.3, -0.25) is 14.3 Å². The molecule has 2 aromatic heterocycles. The van der Waals surface area contributed by atoms with Crippen LogP contribution in [0.1, 0.15) is 28.8 Å². The second-order valence-corrected chi connectivity index (χ2v) is 7.49. The molecule has 1 saturated heterocycles. The minimum Gasteiger partial charge on any atom is -0.316 e. The number of carbonyl (C=O) groups excluding carboxylic acids is 1. The van der Waals surface area contributed by atoms with Crippen LogP contribution in [-0.4, -0.2) is 33.3 Å². The van der Waals surface area contributed by atoms with E-state index in [0.717, 1.165) is 36.8 Å². The van der Waals surface area contributed by atoms with Gasteiger partial charge in [0.05, 0.1) is 5.52 Å². The fourth-order valence-electron chi connectivity index (χ4n) is 3.92. The third-order valence-corrected chi connectivity index (χ3v) is 5.44. The minimum absolute atomic E-state index is 0.181. The number of rotatable bonds is 4. The van der Waals surface area contributed by atoms with Crippen molar-refractivity contribution in [3.63, 3.8) is 0 Å². The summed E-state index contributed by atoms with van der Waals surface area (Å²) in [5.41, 5.74) is 1.52. The van der Waals surface area contributed by atoms with Crippen LogP contribution in [0.4, 0.5) is 5.82 Å². The van der Waals surface area contributed by atoms with E-state index in [1.165, 1.54) is 0 Å². The lowest BCUT2D eigenvalue weighted by molar-refractivity contribution is 0.102. The largest absolute Gasteiger partial charge is 0.316 e. The first-order valence-electron chi connectivity index (χ1n) is 9.68. The predicted octanol–water partition coefficient (Wildman–Crippen LogP) is 2.30. The van der Waals surface area contributed by atoms with Crippen molar-refractivity contribution in [2.45, 2.75) is 26.3 Å². The monoisotopic (exact) mass is 379 g/mol. The lowest BCUT2D eigenvalue weighted by Crippen LogP contribution is -2.36. The highest BCUT2D eigenvalue weighted by Gasteiger charge is 2.20. The molecule has 0 saturated carbocycles. The molecule has 1 unspecified atom stereocenters. The number of amides is 1. The predicted molar refractivity (Wildman–Crippen MR) is 110 cm³/mol. The van der Waals surface area contributed by atoms with E-state index in [-0.39, 0.29) is 11.1 Å². The Morgan fingerprint density at radius 3 is 2.93 bits per heavy atom. The molecule has 3 heterocycles. The van der Waals surface area contributed by atoms with Crippen molar-refractivity contribution in [1.82, 2.24) is 19.7 Å². The zero-order valence-corrected chi connectivity index (χ0v) is 16.2. The van der Waals surface area contributed by atoms with E-state index in [9.17, 15) is 9.59 Å². The summed E-state index contributed by atoms with van der Waals surface area (Å²) < 4.78 is 3.38. The van der Waals surface area contributed by atoms with E-state index in [1.54, 1.807) is 22.4 Å². The zero-order chi connectivity index (χ0) is 19.7. The quantitative estimate of drug-likeness (QED) is 0.729. The number of hydrogen-bond donors (Lipinski definition) is 2. The van der Waals surface area contributed by atoms with E-state index in [2.05, 4.69) is 15.7 Å². The average molecular weight is 379 g/mol. The molecule has 28 heavy (non-hydrogen) atoms. The molecule has 0 radical (unpaired) electrons. The Morgan fingerprint density at radius 2 is 2.14 bits per heavy atom. The maximum absolute atomic E-state index is 13.0. The number of hydrogen-bond acceptors (Lipinski definition) is 4. The Hall–Kier alpha value is -2.93. The summed E-state index contributed by atoms with van der Waals surface area (Å²) in [6.45, 7) is 4.35. The molecule has 1 aliphatic rings. The maximum Gasteiger partial charge on any atom is 0.263 e. The van der Waals surface area contributed by atoms with Crippen LogP contribution in [0.25, 0.3) is 10.9 Å². The Kier molecular flexibility index (Phi) is 5.00. The van der Waals surface area contributed by atoms with E-state index in [0.29, 0.717) is 23.8 Å². The van der Waals surface area contributed by atoms with Crippen molar-refractivity contribution in [3.8, 4) is 0 Å². The number of piperidine rings is 1. The molecule has 1 aliphatic heterocycles. The molecule has 2 N–H and O–H groups in total. The molecule has 1 fully saturated rings. The lowest BCUT2D eigenvalue weighted by Gasteiger charge is -2.23. The van der Waals surface area contributed by atoms with Gasteiger partial charge in [0.2, 0.25) is 0 Å². The highest BCUT2D eigenvalue weighted by molar-refractivity contribution is 6.08. The van der Waals surface area contributed by atoms with Crippen molar-refractivity contribution < 1.29 is 4.79 Å². The molecule has 3 aromatic rings. The highest BCUT2D eigenvalue weighted by atomic mass is 16.2. The standard InChI is InChI=1S/C21H25N5O2/c1-14-9-11-26(13-15-6-5-10-22-12-15)21(28)18(14)20(27)23-19-16-7-3-4-8-17(16)25(2)24-19/h3-4,7-9,11,15,22H,5-6,10,12-13H2,1-2H3,(H,23,24,27). The van der Waals surface area contributed by atoms with Crippen molar-refractivity contribution in [2.75, 3.05) is 18.4 Å². The van der Waals surface area contributed by atoms with Gasteiger partial charge >= 0.3 is 0 Å². The second kappa shape index (κ2) is 7.59. The fraction of sp³-hybridized carbons (Fsp3) is 0.381. The molecule has 0 bridgehead atoms. The number of pyridine rings is 1. The van der Waals surface area contributed by atoms with Gasteiger partial charge in [0.15, 0.2) is 5.82 Å². The average Bonchev–Trinajstić information content (AvgIpc) is 3.01. The van der Waals surface area contributed by atoms with Gasteiger partial charge in [0.25, 0.3) is 11.5 Å². The summed E-state index contributed by atoms with van der Waals surface area (Å²) in [6.07, 6.45) is 4.00. The number of nitrogens with zero attached hydrogens (tertiary/aromatic N) is 3. The van der Waals surface area contributed by atoms with Crippen molar-refractivity contribution >= 4 is 22.6 Å². The molecular formula is C21H25N5O2. The van der Waals surface area contributed by atoms with Gasteiger partial charge in [-0.1, -0.05) is 12.1 Å². The van der Waals surface area contributed by atoms with E-state index >= 15 is 0 Å². The Bertz CT molecular complexity index is 1080. The van der Waals surface area contributed by atoms with Crippen LogP contribution in [0, 0.1) is 12.8 Å². The number of benzene rings is 1. The van der Waals surface area contributed by atoms with Gasteiger partial charge in [0.1, 0.15) is 5.56 Å². The minimum atomic E-state index is -0.414. The van der Waals surface area contributed by atoms with Gasteiger partial charge in [-0.15, -0.1) is 0 Å². The van der Waals surface area contributed by atoms with E-state index < -0.39 is 5.91 Å². The summed E-state index contributed by atoms with van der Waals surface area (Å²) in [4.78, 5) is 26.0. The molecular weight excluding hydrogens is 354 g/mol. The van der Waals surface area contributed by atoms with Gasteiger partial charge in [0, 0.05) is 25.2 Å². The van der Waals surface area contributed by atoms with Crippen LogP contribution in [0.15, 0.2) is 41.3 Å². The first-order valence-corrected chi connectivity index (χ1v) is 9.68. The SMILES string of the molecule is Cc1ccn(CC2CCCNC2)c(=O)c1C(=O)Nc1nn(C)c2ccccc12. The Labute approximate surface area is 163 Å². The van der Waals surface area contributed by atoms with Crippen LogP contribution in [0.3, 0.4) is 0 Å². The number of aromatic nitrogens is 3. The van der Waals surface area contributed by atoms with Crippen LogP contribution in [-0.2, 0) is 13.6 Å². The topological polar surface area (TPSA) is 81.0 Å². The normalized spacial score (nSPS) is 17.0. The molecule has 4 rings (SSSR count). The Morgan fingerprint density at radius 1 is 1.32 bits per heavy atom. The van der Waals surface area contributed by atoms with Crippen LogP contribution >= 0.6 is 0 Å². The summed E-state index contributed by atoms with van der Waals surface area (Å²) in [6, 6.07) is 9.51. The molecule has 1 atom stereocenters.